The number of carbonyl (C=O) groups is 1. The number of nitrogen functional groups attached to an aromatic ring is 1. The van der Waals surface area contributed by atoms with E-state index >= 15 is 0 Å². The second-order valence-electron chi connectivity index (χ2n) is 2.78. The first-order chi connectivity index (χ1) is 6.91. The molecule has 0 aliphatic heterocycles. The summed E-state index contributed by atoms with van der Waals surface area (Å²) in [4.78, 5) is 14.1. The van der Waals surface area contributed by atoms with Gasteiger partial charge in [-0.25, -0.2) is 13.8 Å². The number of hydrogen-bond donors (Lipinski definition) is 2. The average molecular weight is 328 g/mol. The van der Waals surface area contributed by atoms with Gasteiger partial charge in [-0.05, 0) is 34.2 Å². The van der Waals surface area contributed by atoms with Gasteiger partial charge in [0, 0.05) is 0 Å². The standard InChI is InChI=1S/C8H7F2IN2O2/c9-6(10)4-1-3(2-5(14)15)7(11)13-8(4)12/h1,6H,2H2,(H2,12,13)(H,14,15). The van der Waals surface area contributed by atoms with Crippen molar-refractivity contribution in [2.24, 2.45) is 0 Å². The van der Waals surface area contributed by atoms with Gasteiger partial charge in [-0.15, -0.1) is 0 Å². The summed E-state index contributed by atoms with van der Waals surface area (Å²) >= 11 is 1.76. The maximum Gasteiger partial charge on any atom is 0.307 e. The molecule has 0 amide bonds. The highest BCUT2D eigenvalue weighted by Gasteiger charge is 2.16. The number of pyridine rings is 1. The zero-order valence-electron chi connectivity index (χ0n) is 7.38. The lowest BCUT2D eigenvalue weighted by Gasteiger charge is -2.07. The monoisotopic (exact) mass is 328 g/mol. The second-order valence-corrected chi connectivity index (χ2v) is 3.81. The van der Waals surface area contributed by atoms with Crippen LogP contribution in [0.15, 0.2) is 6.07 Å². The summed E-state index contributed by atoms with van der Waals surface area (Å²) in [5.41, 5.74) is 5.10. The van der Waals surface area contributed by atoms with Crippen molar-refractivity contribution in [3.63, 3.8) is 0 Å². The highest BCUT2D eigenvalue weighted by Crippen LogP contribution is 2.26. The van der Waals surface area contributed by atoms with Gasteiger partial charge in [-0.1, -0.05) is 0 Å². The molecule has 7 heteroatoms. The van der Waals surface area contributed by atoms with Gasteiger partial charge in [-0.2, -0.15) is 0 Å². The number of alkyl halides is 2. The van der Waals surface area contributed by atoms with E-state index in [2.05, 4.69) is 4.98 Å². The zero-order valence-corrected chi connectivity index (χ0v) is 9.53. The Bertz CT molecular complexity index is 398. The first kappa shape index (κ1) is 12.1. The first-order valence-corrected chi connectivity index (χ1v) is 4.94. The van der Waals surface area contributed by atoms with Crippen LogP contribution in [0.25, 0.3) is 0 Å². The first-order valence-electron chi connectivity index (χ1n) is 3.86. The smallest absolute Gasteiger partial charge is 0.307 e. The van der Waals surface area contributed by atoms with Gasteiger partial charge in [0.1, 0.15) is 9.52 Å². The van der Waals surface area contributed by atoms with Crippen molar-refractivity contribution in [1.29, 1.82) is 0 Å². The molecule has 0 saturated carbocycles. The predicted octanol–water partition coefficient (Wildman–Crippen LogP) is 1.83. The molecule has 0 fully saturated rings. The van der Waals surface area contributed by atoms with Crippen LogP contribution in [0, 0.1) is 3.70 Å². The minimum atomic E-state index is -2.75. The Morgan fingerprint density at radius 2 is 2.27 bits per heavy atom. The molecule has 0 spiro atoms. The summed E-state index contributed by atoms with van der Waals surface area (Å²) in [5, 5.41) is 8.54. The molecule has 0 bridgehead atoms. The Kier molecular flexibility index (Phi) is 3.77. The molecule has 1 aromatic heterocycles. The van der Waals surface area contributed by atoms with Crippen molar-refractivity contribution < 1.29 is 18.7 Å². The van der Waals surface area contributed by atoms with Crippen LogP contribution >= 0.6 is 22.6 Å². The molecule has 0 atom stereocenters. The van der Waals surface area contributed by atoms with Crippen LogP contribution in [0.4, 0.5) is 14.6 Å². The molecule has 15 heavy (non-hydrogen) atoms. The van der Waals surface area contributed by atoms with Crippen LogP contribution in [0.5, 0.6) is 0 Å². The number of anilines is 1. The average Bonchev–Trinajstić information content (AvgIpc) is 2.08. The Morgan fingerprint density at radius 3 is 2.73 bits per heavy atom. The normalized spacial score (nSPS) is 10.7. The van der Waals surface area contributed by atoms with Crippen LogP contribution < -0.4 is 5.73 Å². The summed E-state index contributed by atoms with van der Waals surface area (Å²) in [6, 6.07) is 1.09. The van der Waals surface area contributed by atoms with E-state index in [0.29, 0.717) is 3.70 Å². The van der Waals surface area contributed by atoms with Crippen LogP contribution in [0.1, 0.15) is 17.6 Å². The van der Waals surface area contributed by atoms with Gasteiger partial charge >= 0.3 is 5.97 Å². The van der Waals surface area contributed by atoms with Crippen LogP contribution in [-0.2, 0) is 11.2 Å². The predicted molar refractivity (Wildman–Crippen MR) is 57.7 cm³/mol. The topological polar surface area (TPSA) is 76.2 Å². The number of halogens is 3. The molecule has 0 aromatic carbocycles. The van der Waals surface area contributed by atoms with Crippen LogP contribution in [0.3, 0.4) is 0 Å². The number of aromatic nitrogens is 1. The molecule has 0 aliphatic carbocycles. The van der Waals surface area contributed by atoms with Gasteiger partial charge in [0.2, 0.25) is 0 Å². The maximum absolute atomic E-state index is 12.4. The van der Waals surface area contributed by atoms with Crippen LogP contribution in [0.2, 0.25) is 0 Å². The van der Waals surface area contributed by atoms with E-state index in [4.69, 9.17) is 10.8 Å². The number of carboxylic acid groups (broad SMARTS) is 1. The quantitative estimate of drug-likeness (QED) is 0.656. The molecule has 3 N–H and O–H groups in total. The maximum atomic E-state index is 12.4. The lowest BCUT2D eigenvalue weighted by Crippen LogP contribution is -2.07. The zero-order chi connectivity index (χ0) is 11.6. The summed E-state index contributed by atoms with van der Waals surface area (Å²) in [5.74, 6) is -1.36. The summed E-state index contributed by atoms with van der Waals surface area (Å²) in [7, 11) is 0. The largest absolute Gasteiger partial charge is 0.481 e. The van der Waals surface area contributed by atoms with Crippen molar-refractivity contribution in [3.05, 3.63) is 20.9 Å². The van der Waals surface area contributed by atoms with E-state index in [9.17, 15) is 13.6 Å². The molecular formula is C8H7F2IN2O2. The Morgan fingerprint density at radius 1 is 1.67 bits per heavy atom. The molecule has 0 unspecified atom stereocenters. The summed E-state index contributed by atoms with van der Waals surface area (Å²) in [6.45, 7) is 0. The van der Waals surface area contributed by atoms with E-state index in [-0.39, 0.29) is 17.8 Å². The number of hydrogen-bond acceptors (Lipinski definition) is 3. The Hall–Kier alpha value is -0.990. The second kappa shape index (κ2) is 4.69. The molecule has 0 saturated heterocycles. The van der Waals surface area contributed by atoms with Gasteiger partial charge < -0.3 is 10.8 Å². The van der Waals surface area contributed by atoms with Crippen molar-refractivity contribution in [1.82, 2.24) is 4.98 Å². The molecule has 0 aliphatic rings. The molecule has 82 valence electrons. The minimum Gasteiger partial charge on any atom is -0.481 e. The van der Waals surface area contributed by atoms with Crippen LogP contribution in [-0.4, -0.2) is 16.1 Å². The van der Waals surface area contributed by atoms with E-state index in [1.807, 2.05) is 0 Å². The number of nitrogens with two attached hydrogens (primary N) is 1. The molecule has 4 nitrogen and oxygen atoms in total. The Balaban J connectivity index is 3.17. The summed E-state index contributed by atoms with van der Waals surface area (Å²) < 4.78 is 25.1. The molecule has 1 heterocycles. The summed E-state index contributed by atoms with van der Waals surface area (Å²) in [6.07, 6.45) is -3.09. The fraction of sp³-hybridized carbons (Fsp3) is 0.250. The molecule has 1 aromatic rings. The highest BCUT2D eigenvalue weighted by molar-refractivity contribution is 14.1. The van der Waals surface area contributed by atoms with Crippen molar-refractivity contribution in [3.8, 4) is 0 Å². The third-order valence-corrected chi connectivity index (χ3v) is 2.62. The fourth-order valence-corrected chi connectivity index (χ4v) is 1.63. The van der Waals surface area contributed by atoms with Gasteiger partial charge in [-0.3, -0.25) is 4.79 Å². The third kappa shape index (κ3) is 2.98. The highest BCUT2D eigenvalue weighted by atomic mass is 127. The van der Waals surface area contributed by atoms with Crippen molar-refractivity contribution in [2.75, 3.05) is 5.73 Å². The number of nitrogens with zero attached hydrogens (tertiary/aromatic N) is 1. The van der Waals surface area contributed by atoms with Crippen molar-refractivity contribution in [2.45, 2.75) is 12.8 Å². The number of carboxylic acids is 1. The fourth-order valence-electron chi connectivity index (χ4n) is 1.02. The Labute approximate surface area is 97.6 Å². The van der Waals surface area contributed by atoms with E-state index < -0.39 is 18.0 Å². The molecule has 1 rings (SSSR count). The molecular weight excluding hydrogens is 321 g/mol. The lowest BCUT2D eigenvalue weighted by atomic mass is 10.1. The minimum absolute atomic E-state index is 0.243. The van der Waals surface area contributed by atoms with Crippen molar-refractivity contribution >= 4 is 34.4 Å². The third-order valence-electron chi connectivity index (χ3n) is 1.69. The lowest BCUT2D eigenvalue weighted by molar-refractivity contribution is -0.136. The SMILES string of the molecule is Nc1nc(I)c(CC(=O)O)cc1C(F)F. The number of rotatable bonds is 3. The van der Waals surface area contributed by atoms with E-state index in [1.165, 1.54) is 0 Å². The molecule has 0 radical (unpaired) electrons. The van der Waals surface area contributed by atoms with Gasteiger partial charge in [0.25, 0.3) is 6.43 Å². The van der Waals surface area contributed by atoms with E-state index in [0.717, 1.165) is 6.07 Å². The van der Waals surface area contributed by atoms with E-state index in [1.54, 1.807) is 22.6 Å². The number of aliphatic carboxylic acids is 1. The van der Waals surface area contributed by atoms with Gasteiger partial charge in [0.05, 0.1) is 12.0 Å². The van der Waals surface area contributed by atoms with Gasteiger partial charge in [0.15, 0.2) is 0 Å².